The van der Waals surface area contributed by atoms with Crippen LogP contribution in [0.5, 0.6) is 0 Å². The van der Waals surface area contributed by atoms with E-state index in [9.17, 15) is 8.42 Å². The molecule has 1 unspecified atom stereocenters. The van der Waals surface area contributed by atoms with Crippen molar-refractivity contribution in [3.63, 3.8) is 0 Å². The molecule has 0 radical (unpaired) electrons. The molecule has 1 atom stereocenters. The van der Waals surface area contributed by atoms with Crippen LogP contribution >= 0.6 is 34.5 Å². The van der Waals surface area contributed by atoms with E-state index in [0.29, 0.717) is 17.3 Å². The van der Waals surface area contributed by atoms with Gasteiger partial charge >= 0.3 is 0 Å². The second-order valence-corrected chi connectivity index (χ2v) is 8.37. The van der Waals surface area contributed by atoms with Gasteiger partial charge in [0.1, 0.15) is 9.23 Å². The molecule has 8 heteroatoms. The lowest BCUT2D eigenvalue weighted by Gasteiger charge is -2.25. The second-order valence-electron chi connectivity index (χ2n) is 4.22. The van der Waals surface area contributed by atoms with Crippen LogP contribution in [0.2, 0.25) is 8.67 Å². The molecule has 2 N–H and O–H groups in total. The van der Waals surface area contributed by atoms with E-state index in [0.717, 1.165) is 30.6 Å². The quantitative estimate of drug-likeness (QED) is 0.907. The molecule has 1 aromatic rings. The fourth-order valence-electron chi connectivity index (χ4n) is 2.03. The molecule has 18 heavy (non-hydrogen) atoms. The zero-order chi connectivity index (χ0) is 13.3. The Morgan fingerprint density at radius 3 is 2.67 bits per heavy atom. The van der Waals surface area contributed by atoms with Crippen LogP contribution in [0.4, 0.5) is 0 Å². The Bertz CT molecular complexity index is 530. The fraction of sp³-hybridized carbons (Fsp3) is 0.600. The van der Waals surface area contributed by atoms with Gasteiger partial charge in [0, 0.05) is 6.54 Å². The number of hydrogen-bond acceptors (Lipinski definition) is 4. The summed E-state index contributed by atoms with van der Waals surface area (Å²) in [7, 11) is -3.64. The molecule has 1 aromatic heterocycles. The normalized spacial score (nSPS) is 22.9. The van der Waals surface area contributed by atoms with Crippen LogP contribution in [-0.4, -0.2) is 25.4 Å². The number of thiophene rings is 1. The van der Waals surface area contributed by atoms with Crippen LogP contribution in [-0.2, 0) is 10.0 Å². The molecule has 0 bridgehead atoms. The number of sulfonamides is 1. The predicted octanol–water partition coefficient (Wildman–Crippen LogP) is 2.90. The molecule has 0 saturated carbocycles. The van der Waals surface area contributed by atoms with Crippen molar-refractivity contribution >= 4 is 44.6 Å². The molecule has 0 spiro atoms. The summed E-state index contributed by atoms with van der Waals surface area (Å²) < 4.78 is 26.9. The molecule has 0 aliphatic carbocycles. The first-order chi connectivity index (χ1) is 8.43. The molecular weight excluding hydrogens is 315 g/mol. The predicted molar refractivity (Wildman–Crippen MR) is 74.7 cm³/mol. The lowest BCUT2D eigenvalue weighted by Crippen LogP contribution is -2.45. The van der Waals surface area contributed by atoms with Gasteiger partial charge in [-0.05, 0) is 18.9 Å². The second kappa shape index (κ2) is 5.64. The smallest absolute Gasteiger partial charge is 0.246 e. The van der Waals surface area contributed by atoms with Gasteiger partial charge in [-0.3, -0.25) is 0 Å². The maximum absolute atomic E-state index is 12.5. The monoisotopic (exact) mass is 328 g/mol. The zero-order valence-electron chi connectivity index (χ0n) is 9.60. The number of hydrogen-bond donors (Lipinski definition) is 1. The Morgan fingerprint density at radius 1 is 1.33 bits per heavy atom. The average molecular weight is 329 g/mol. The first kappa shape index (κ1) is 14.6. The molecule has 4 nitrogen and oxygen atoms in total. The molecule has 2 rings (SSSR count). The van der Waals surface area contributed by atoms with Gasteiger partial charge in [0.2, 0.25) is 10.0 Å². The summed E-state index contributed by atoms with van der Waals surface area (Å²) in [6.45, 7) is 0.438. The molecule has 0 amide bonds. The number of nitrogens with zero attached hydrogens (tertiary/aromatic N) is 1. The van der Waals surface area contributed by atoms with Gasteiger partial charge in [-0.15, -0.1) is 11.3 Å². The van der Waals surface area contributed by atoms with Crippen LogP contribution in [0.25, 0.3) is 0 Å². The van der Waals surface area contributed by atoms with Crippen molar-refractivity contribution in [2.45, 2.75) is 36.7 Å². The van der Waals surface area contributed by atoms with E-state index < -0.39 is 16.2 Å². The highest BCUT2D eigenvalue weighted by Gasteiger charge is 2.33. The van der Waals surface area contributed by atoms with Gasteiger partial charge in [0.25, 0.3) is 0 Å². The molecule has 1 fully saturated rings. The average Bonchev–Trinajstić information content (AvgIpc) is 2.49. The molecule has 1 aliphatic rings. The Balaban J connectivity index is 2.38. The van der Waals surface area contributed by atoms with E-state index in [2.05, 4.69) is 0 Å². The van der Waals surface area contributed by atoms with E-state index in [1.807, 2.05) is 0 Å². The minimum absolute atomic E-state index is 0.0662. The summed E-state index contributed by atoms with van der Waals surface area (Å²) in [6.07, 6.45) is 2.97. The lowest BCUT2D eigenvalue weighted by molar-refractivity contribution is 0.330. The van der Waals surface area contributed by atoms with Crippen molar-refractivity contribution in [2.24, 2.45) is 5.73 Å². The minimum Gasteiger partial charge on any atom is -0.315 e. The maximum atomic E-state index is 12.5. The zero-order valence-corrected chi connectivity index (χ0v) is 12.7. The van der Waals surface area contributed by atoms with E-state index in [1.165, 1.54) is 10.4 Å². The third-order valence-corrected chi connectivity index (χ3v) is 6.64. The van der Waals surface area contributed by atoms with Gasteiger partial charge < -0.3 is 5.73 Å². The Kier molecular flexibility index (Phi) is 4.57. The third kappa shape index (κ3) is 2.84. The lowest BCUT2D eigenvalue weighted by atomic mass is 10.2. The molecule has 1 saturated heterocycles. The summed E-state index contributed by atoms with van der Waals surface area (Å²) in [5.41, 5.74) is 5.93. The van der Waals surface area contributed by atoms with Crippen molar-refractivity contribution < 1.29 is 8.42 Å². The van der Waals surface area contributed by atoms with E-state index in [-0.39, 0.29) is 9.23 Å². The van der Waals surface area contributed by atoms with E-state index in [1.54, 1.807) is 0 Å². The third-order valence-electron chi connectivity index (χ3n) is 2.96. The first-order valence-corrected chi connectivity index (χ1v) is 8.66. The summed E-state index contributed by atoms with van der Waals surface area (Å²) in [6, 6.07) is 1.39. The van der Waals surface area contributed by atoms with Crippen LogP contribution in [0.1, 0.15) is 25.7 Å². The molecule has 102 valence electrons. The summed E-state index contributed by atoms with van der Waals surface area (Å²) in [4.78, 5) is 0.0662. The topological polar surface area (TPSA) is 63.4 Å². The Labute approximate surface area is 121 Å². The molecule has 2 heterocycles. The molecular formula is C10H14Cl2N2O2S2. The van der Waals surface area contributed by atoms with E-state index in [4.69, 9.17) is 28.9 Å². The van der Waals surface area contributed by atoms with Gasteiger partial charge in [0.05, 0.1) is 10.5 Å². The highest BCUT2D eigenvalue weighted by Crippen LogP contribution is 2.36. The van der Waals surface area contributed by atoms with Crippen LogP contribution in [0, 0.1) is 0 Å². The van der Waals surface area contributed by atoms with Crippen LogP contribution < -0.4 is 5.73 Å². The highest BCUT2D eigenvalue weighted by molar-refractivity contribution is 7.89. The van der Waals surface area contributed by atoms with Gasteiger partial charge in [-0.1, -0.05) is 36.0 Å². The van der Waals surface area contributed by atoms with Crippen molar-refractivity contribution in [1.82, 2.24) is 4.31 Å². The maximum Gasteiger partial charge on any atom is 0.246 e. The van der Waals surface area contributed by atoms with Gasteiger partial charge in [-0.2, -0.15) is 4.31 Å². The molecule has 0 aromatic carbocycles. The molecule has 1 aliphatic heterocycles. The summed E-state index contributed by atoms with van der Waals surface area (Å²) in [5, 5.41) is 0. The SMILES string of the molecule is NC1CCCCCN1S(=O)(=O)c1cc(Cl)sc1Cl. The summed E-state index contributed by atoms with van der Waals surface area (Å²) >= 11 is 12.8. The number of halogens is 2. The van der Waals surface area contributed by atoms with Gasteiger partial charge in [0.15, 0.2) is 0 Å². The Hall–Kier alpha value is 0.150. The summed E-state index contributed by atoms with van der Waals surface area (Å²) in [5.74, 6) is 0. The first-order valence-electron chi connectivity index (χ1n) is 5.65. The van der Waals surface area contributed by atoms with E-state index >= 15 is 0 Å². The standard InChI is InChI=1S/C10H14Cl2N2O2S2/c11-8-6-7(10(12)17-8)18(15,16)14-5-3-1-2-4-9(14)13/h6,9H,1-5,13H2. The van der Waals surface area contributed by atoms with Crippen molar-refractivity contribution in [3.8, 4) is 0 Å². The number of rotatable bonds is 2. The van der Waals surface area contributed by atoms with Crippen molar-refractivity contribution in [1.29, 1.82) is 0 Å². The van der Waals surface area contributed by atoms with Gasteiger partial charge in [-0.25, -0.2) is 8.42 Å². The highest BCUT2D eigenvalue weighted by atomic mass is 35.5. The Morgan fingerprint density at radius 2 is 2.06 bits per heavy atom. The number of nitrogens with two attached hydrogens (primary N) is 1. The van der Waals surface area contributed by atoms with Crippen LogP contribution in [0.15, 0.2) is 11.0 Å². The largest absolute Gasteiger partial charge is 0.315 e. The van der Waals surface area contributed by atoms with Crippen molar-refractivity contribution in [2.75, 3.05) is 6.54 Å². The fourth-order valence-corrected chi connectivity index (χ4v) is 5.73. The van der Waals surface area contributed by atoms with Crippen molar-refractivity contribution in [3.05, 3.63) is 14.7 Å². The minimum atomic E-state index is -3.64. The van der Waals surface area contributed by atoms with Crippen LogP contribution in [0.3, 0.4) is 0 Å².